The third-order valence-electron chi connectivity index (χ3n) is 2.16. The van der Waals surface area contributed by atoms with Gasteiger partial charge in [-0.05, 0) is 11.6 Å². The van der Waals surface area contributed by atoms with Crippen molar-refractivity contribution in [3.05, 3.63) is 30.2 Å². The summed E-state index contributed by atoms with van der Waals surface area (Å²) in [5, 5.41) is 9.36. The molecule has 0 saturated carbocycles. The Bertz CT molecular complexity index is 499. The van der Waals surface area contributed by atoms with Crippen LogP contribution in [0.25, 0.3) is 5.65 Å². The molecule has 0 unspecified atom stereocenters. The molecule has 4 heteroatoms. The smallest absolute Gasteiger partial charge is 0.137 e. The van der Waals surface area contributed by atoms with Gasteiger partial charge < -0.3 is 9.51 Å². The standard InChI is InChI=1S/C12H16N2OS/c1-12(2,3)16-10-7-14-5-4-13-11(14)6-9(10)8-15/h4-7,15H,8H2,1-3H3. The SMILES string of the molecule is CC(C)(C)Sc1cn2ccnc2cc1CO. The minimum atomic E-state index is 0.0573. The molecule has 0 radical (unpaired) electrons. The summed E-state index contributed by atoms with van der Waals surface area (Å²) >= 11 is 1.76. The molecule has 0 aliphatic rings. The molecule has 0 bridgehead atoms. The number of hydrogen-bond acceptors (Lipinski definition) is 3. The van der Waals surface area contributed by atoms with Crippen LogP contribution in [0.5, 0.6) is 0 Å². The summed E-state index contributed by atoms with van der Waals surface area (Å²) in [6, 6.07) is 1.94. The van der Waals surface area contributed by atoms with E-state index in [1.165, 1.54) is 0 Å². The zero-order valence-electron chi connectivity index (χ0n) is 9.77. The van der Waals surface area contributed by atoms with E-state index < -0.39 is 0 Å². The van der Waals surface area contributed by atoms with Crippen LogP contribution >= 0.6 is 11.8 Å². The Balaban J connectivity index is 2.48. The summed E-state index contributed by atoms with van der Waals surface area (Å²) in [4.78, 5) is 5.32. The normalized spacial score (nSPS) is 12.2. The van der Waals surface area contributed by atoms with Gasteiger partial charge in [-0.25, -0.2) is 4.98 Å². The van der Waals surface area contributed by atoms with Crippen molar-refractivity contribution in [2.45, 2.75) is 37.0 Å². The first-order valence-electron chi connectivity index (χ1n) is 5.25. The summed E-state index contributed by atoms with van der Waals surface area (Å²) < 4.78 is 2.12. The molecular weight excluding hydrogens is 220 g/mol. The third-order valence-corrected chi connectivity index (χ3v) is 3.36. The van der Waals surface area contributed by atoms with E-state index in [0.29, 0.717) is 0 Å². The molecule has 2 aromatic rings. The number of fused-ring (bicyclic) bond motifs is 1. The average Bonchev–Trinajstić information content (AvgIpc) is 2.60. The first-order valence-corrected chi connectivity index (χ1v) is 6.07. The quantitative estimate of drug-likeness (QED) is 0.815. The van der Waals surface area contributed by atoms with Crippen molar-refractivity contribution in [1.82, 2.24) is 9.38 Å². The molecule has 2 heterocycles. The number of hydrogen-bond donors (Lipinski definition) is 1. The highest BCUT2D eigenvalue weighted by Gasteiger charge is 2.15. The van der Waals surface area contributed by atoms with Crippen molar-refractivity contribution in [3.63, 3.8) is 0 Å². The lowest BCUT2D eigenvalue weighted by Crippen LogP contribution is -2.08. The van der Waals surface area contributed by atoms with Crippen molar-refractivity contribution in [1.29, 1.82) is 0 Å². The van der Waals surface area contributed by atoms with Crippen molar-refractivity contribution < 1.29 is 5.11 Å². The van der Waals surface area contributed by atoms with Gasteiger partial charge in [-0.15, -0.1) is 11.8 Å². The van der Waals surface area contributed by atoms with Crippen LogP contribution in [0.2, 0.25) is 0 Å². The zero-order chi connectivity index (χ0) is 11.8. The third kappa shape index (κ3) is 2.39. The first-order chi connectivity index (χ1) is 7.49. The monoisotopic (exact) mass is 236 g/mol. The van der Waals surface area contributed by atoms with Crippen molar-refractivity contribution in [2.75, 3.05) is 0 Å². The Kier molecular flexibility index (Phi) is 2.95. The summed E-state index contributed by atoms with van der Waals surface area (Å²) in [5.41, 5.74) is 1.82. The Morgan fingerprint density at radius 1 is 1.44 bits per heavy atom. The summed E-state index contributed by atoms with van der Waals surface area (Å²) in [5.74, 6) is 0. The van der Waals surface area contributed by atoms with Crippen LogP contribution in [0, 0.1) is 0 Å². The topological polar surface area (TPSA) is 37.5 Å². The fourth-order valence-corrected chi connectivity index (χ4v) is 2.61. The van der Waals surface area contributed by atoms with Crippen LogP contribution in [0.4, 0.5) is 0 Å². The molecule has 1 N–H and O–H groups in total. The van der Waals surface area contributed by atoms with Gasteiger partial charge in [0.05, 0.1) is 6.61 Å². The van der Waals surface area contributed by atoms with Crippen molar-refractivity contribution in [2.24, 2.45) is 0 Å². The molecule has 0 fully saturated rings. The second-order valence-electron chi connectivity index (χ2n) is 4.73. The second kappa shape index (κ2) is 4.11. The molecule has 0 aliphatic heterocycles. The lowest BCUT2D eigenvalue weighted by molar-refractivity contribution is 0.279. The van der Waals surface area contributed by atoms with Gasteiger partial charge >= 0.3 is 0 Å². The number of aliphatic hydroxyl groups is 1. The van der Waals surface area contributed by atoms with Crippen LogP contribution in [0.15, 0.2) is 29.6 Å². The Morgan fingerprint density at radius 2 is 2.19 bits per heavy atom. The second-order valence-corrected chi connectivity index (χ2v) is 6.60. The number of imidazole rings is 1. The van der Waals surface area contributed by atoms with Crippen LogP contribution in [-0.4, -0.2) is 19.2 Å². The number of aliphatic hydroxyl groups excluding tert-OH is 1. The van der Waals surface area contributed by atoms with E-state index in [0.717, 1.165) is 16.1 Å². The van der Waals surface area contributed by atoms with Gasteiger partial charge in [0.2, 0.25) is 0 Å². The van der Waals surface area contributed by atoms with Gasteiger partial charge in [0.25, 0.3) is 0 Å². The molecule has 0 spiro atoms. The van der Waals surface area contributed by atoms with E-state index >= 15 is 0 Å². The minimum absolute atomic E-state index is 0.0573. The summed E-state index contributed by atoms with van der Waals surface area (Å²) in [6.07, 6.45) is 5.72. The first kappa shape index (κ1) is 11.5. The van der Waals surface area contributed by atoms with E-state index in [2.05, 4.69) is 25.8 Å². The molecule has 0 saturated heterocycles. The molecular formula is C12H16N2OS. The van der Waals surface area contributed by atoms with E-state index in [9.17, 15) is 5.11 Å². The van der Waals surface area contributed by atoms with Gasteiger partial charge in [0.15, 0.2) is 0 Å². The summed E-state index contributed by atoms with van der Waals surface area (Å²) in [7, 11) is 0. The van der Waals surface area contributed by atoms with Gasteiger partial charge in [-0.2, -0.15) is 0 Å². The molecule has 86 valence electrons. The highest BCUT2D eigenvalue weighted by Crippen LogP contribution is 2.34. The lowest BCUT2D eigenvalue weighted by Gasteiger charge is -2.19. The Morgan fingerprint density at radius 3 is 2.81 bits per heavy atom. The summed E-state index contributed by atoms with van der Waals surface area (Å²) in [6.45, 7) is 6.55. The lowest BCUT2D eigenvalue weighted by atomic mass is 10.2. The molecule has 0 amide bonds. The van der Waals surface area contributed by atoms with Crippen molar-refractivity contribution >= 4 is 17.4 Å². The Labute approximate surface area is 99.5 Å². The zero-order valence-corrected chi connectivity index (χ0v) is 10.6. The number of aromatic nitrogens is 2. The largest absolute Gasteiger partial charge is 0.392 e. The predicted octanol–water partition coefficient (Wildman–Crippen LogP) is 2.72. The number of rotatable bonds is 2. The molecule has 3 nitrogen and oxygen atoms in total. The predicted molar refractivity (Wildman–Crippen MR) is 66.7 cm³/mol. The van der Waals surface area contributed by atoms with Crippen LogP contribution in [0.1, 0.15) is 26.3 Å². The Hall–Kier alpha value is -1.00. The molecule has 2 rings (SSSR count). The fourth-order valence-electron chi connectivity index (χ4n) is 1.53. The molecule has 0 atom stereocenters. The minimum Gasteiger partial charge on any atom is -0.392 e. The highest BCUT2D eigenvalue weighted by molar-refractivity contribution is 8.00. The van der Waals surface area contributed by atoms with Crippen LogP contribution in [0.3, 0.4) is 0 Å². The van der Waals surface area contributed by atoms with E-state index in [1.54, 1.807) is 18.0 Å². The maximum atomic E-state index is 9.36. The maximum Gasteiger partial charge on any atom is 0.137 e. The van der Waals surface area contributed by atoms with Crippen LogP contribution in [-0.2, 0) is 6.61 Å². The van der Waals surface area contributed by atoms with E-state index in [1.807, 2.05) is 22.9 Å². The number of thioether (sulfide) groups is 1. The van der Waals surface area contributed by atoms with Gasteiger partial charge in [-0.1, -0.05) is 20.8 Å². The fraction of sp³-hybridized carbons (Fsp3) is 0.417. The average molecular weight is 236 g/mol. The van der Waals surface area contributed by atoms with E-state index in [4.69, 9.17) is 0 Å². The van der Waals surface area contributed by atoms with Gasteiger partial charge in [-0.3, -0.25) is 0 Å². The van der Waals surface area contributed by atoms with Gasteiger partial charge in [0.1, 0.15) is 5.65 Å². The maximum absolute atomic E-state index is 9.36. The van der Waals surface area contributed by atoms with Crippen molar-refractivity contribution in [3.8, 4) is 0 Å². The molecule has 0 aromatic carbocycles. The number of nitrogens with zero attached hydrogens (tertiary/aromatic N) is 2. The number of pyridine rings is 1. The van der Waals surface area contributed by atoms with Gasteiger partial charge in [0, 0.05) is 28.2 Å². The molecule has 2 aromatic heterocycles. The molecule has 16 heavy (non-hydrogen) atoms. The molecule has 0 aliphatic carbocycles. The van der Waals surface area contributed by atoms with Crippen LogP contribution < -0.4 is 0 Å². The highest BCUT2D eigenvalue weighted by atomic mass is 32.2. The van der Waals surface area contributed by atoms with E-state index in [-0.39, 0.29) is 11.4 Å².